The first-order chi connectivity index (χ1) is 32.7. The van der Waals surface area contributed by atoms with Gasteiger partial charge in [-0.1, -0.05) is 179 Å². The van der Waals surface area contributed by atoms with Gasteiger partial charge in [0.05, 0.1) is 11.0 Å². The fraction of sp³-hybridized carbons (Fsp3) is 0.169. The standard InChI is InChI=1S/C65H58N2/c1-6-7-8-10-17-46-36-44(2)37-51(40-46)52-38-45(3)39-56(41-52)67-63-23-16-14-21-59(63)60-42-50(28-35-64(60)67)49-26-31-54(32-27-49)66(53-29-24-48(25-30-53)47-18-11-9-12-19-47)55-33-34-58-57-20-13-15-22-61(57)65(4,5)62(58)43-55/h9,11-16,18-43H,6-8,10,17H2,1-5H3. The van der Waals surface area contributed by atoms with Gasteiger partial charge in [-0.05, 0) is 160 Å². The largest absolute Gasteiger partial charge is 0.310 e. The number of para-hydroxylation sites is 1. The first kappa shape index (κ1) is 42.2. The highest BCUT2D eigenvalue weighted by Gasteiger charge is 2.35. The molecule has 0 bridgehead atoms. The Labute approximate surface area is 396 Å². The van der Waals surface area contributed by atoms with Crippen LogP contribution in [0.25, 0.3) is 72.0 Å². The van der Waals surface area contributed by atoms with Crippen molar-refractivity contribution in [2.45, 2.75) is 72.1 Å². The van der Waals surface area contributed by atoms with Crippen LogP contribution in [0, 0.1) is 13.8 Å². The molecule has 0 spiro atoms. The van der Waals surface area contributed by atoms with Crippen LogP contribution in [-0.2, 0) is 11.8 Å². The molecule has 2 nitrogen and oxygen atoms in total. The molecule has 9 aromatic carbocycles. The molecule has 1 aliphatic carbocycles. The molecule has 0 unspecified atom stereocenters. The third-order valence-corrected chi connectivity index (χ3v) is 14.3. The number of aryl methyl sites for hydroxylation is 3. The van der Waals surface area contributed by atoms with Crippen molar-refractivity contribution in [3.05, 3.63) is 228 Å². The molecule has 1 aliphatic rings. The van der Waals surface area contributed by atoms with E-state index < -0.39 is 0 Å². The van der Waals surface area contributed by atoms with Gasteiger partial charge in [0, 0.05) is 38.9 Å². The summed E-state index contributed by atoms with van der Waals surface area (Å²) in [6, 6.07) is 74.9. The smallest absolute Gasteiger partial charge is 0.0541 e. The zero-order chi connectivity index (χ0) is 45.6. The van der Waals surface area contributed by atoms with Crippen LogP contribution in [0.15, 0.2) is 200 Å². The summed E-state index contributed by atoms with van der Waals surface area (Å²) in [5.41, 5.74) is 23.7. The molecular formula is C65H58N2. The zero-order valence-corrected chi connectivity index (χ0v) is 39.5. The Kier molecular flexibility index (Phi) is 11.0. The number of rotatable bonds is 12. The second-order valence-electron chi connectivity index (χ2n) is 19.4. The minimum atomic E-state index is -0.101. The van der Waals surface area contributed by atoms with Gasteiger partial charge in [-0.15, -0.1) is 0 Å². The van der Waals surface area contributed by atoms with Crippen molar-refractivity contribution in [2.75, 3.05) is 4.90 Å². The second-order valence-corrected chi connectivity index (χ2v) is 19.4. The van der Waals surface area contributed by atoms with E-state index in [2.05, 4.69) is 244 Å². The van der Waals surface area contributed by atoms with E-state index in [1.54, 1.807) is 0 Å². The number of anilines is 3. The lowest BCUT2D eigenvalue weighted by Gasteiger charge is -2.28. The number of unbranched alkanes of at least 4 members (excludes halogenated alkanes) is 3. The first-order valence-corrected chi connectivity index (χ1v) is 24.3. The van der Waals surface area contributed by atoms with E-state index in [0.717, 1.165) is 23.5 Å². The van der Waals surface area contributed by atoms with E-state index >= 15 is 0 Å². The average Bonchev–Trinajstić information content (AvgIpc) is 3.81. The van der Waals surface area contributed by atoms with Gasteiger partial charge in [-0.3, -0.25) is 0 Å². The Balaban J connectivity index is 0.961. The number of hydrogen-bond donors (Lipinski definition) is 0. The molecule has 0 radical (unpaired) electrons. The Bertz CT molecular complexity index is 3420. The van der Waals surface area contributed by atoms with Gasteiger partial charge in [0.25, 0.3) is 0 Å². The first-order valence-electron chi connectivity index (χ1n) is 24.3. The number of benzene rings is 9. The second kappa shape index (κ2) is 17.4. The van der Waals surface area contributed by atoms with Crippen molar-refractivity contribution in [1.29, 1.82) is 0 Å². The maximum atomic E-state index is 2.47. The van der Waals surface area contributed by atoms with Crippen LogP contribution >= 0.6 is 0 Å². The van der Waals surface area contributed by atoms with Gasteiger partial charge in [0.1, 0.15) is 0 Å². The fourth-order valence-corrected chi connectivity index (χ4v) is 10.9. The van der Waals surface area contributed by atoms with Crippen LogP contribution in [0.4, 0.5) is 17.1 Å². The molecule has 328 valence electrons. The van der Waals surface area contributed by atoms with E-state index in [1.807, 2.05) is 0 Å². The van der Waals surface area contributed by atoms with Crippen molar-refractivity contribution in [1.82, 2.24) is 4.57 Å². The molecule has 0 aliphatic heterocycles. The van der Waals surface area contributed by atoms with Crippen LogP contribution in [0.5, 0.6) is 0 Å². The summed E-state index contributed by atoms with van der Waals surface area (Å²) in [6.07, 6.45) is 6.25. The highest BCUT2D eigenvalue weighted by Crippen LogP contribution is 2.51. The number of hydrogen-bond acceptors (Lipinski definition) is 1. The zero-order valence-electron chi connectivity index (χ0n) is 39.5. The monoisotopic (exact) mass is 866 g/mol. The lowest BCUT2D eigenvalue weighted by molar-refractivity contribution is 0.660. The summed E-state index contributed by atoms with van der Waals surface area (Å²) in [4.78, 5) is 2.41. The normalized spacial score (nSPS) is 12.7. The third kappa shape index (κ3) is 7.85. The summed E-state index contributed by atoms with van der Waals surface area (Å²) in [7, 11) is 0. The molecule has 0 saturated heterocycles. The molecular weight excluding hydrogens is 809 g/mol. The van der Waals surface area contributed by atoms with Gasteiger partial charge in [-0.25, -0.2) is 0 Å². The lowest BCUT2D eigenvalue weighted by Crippen LogP contribution is -2.16. The summed E-state index contributed by atoms with van der Waals surface area (Å²) in [6.45, 7) is 11.5. The van der Waals surface area contributed by atoms with Crippen LogP contribution in [0.2, 0.25) is 0 Å². The molecule has 0 atom stereocenters. The average molecular weight is 867 g/mol. The maximum Gasteiger partial charge on any atom is 0.0541 e. The fourth-order valence-electron chi connectivity index (χ4n) is 10.9. The summed E-state index contributed by atoms with van der Waals surface area (Å²) in [5, 5.41) is 2.52. The van der Waals surface area contributed by atoms with Gasteiger partial charge >= 0.3 is 0 Å². The topological polar surface area (TPSA) is 8.17 Å². The lowest BCUT2D eigenvalue weighted by atomic mass is 9.82. The van der Waals surface area contributed by atoms with E-state index in [-0.39, 0.29) is 5.41 Å². The molecule has 0 amide bonds. The van der Waals surface area contributed by atoms with Crippen molar-refractivity contribution in [3.8, 4) is 50.2 Å². The molecule has 2 heteroatoms. The number of nitrogens with zero attached hydrogens (tertiary/aromatic N) is 2. The molecule has 1 aromatic heterocycles. The van der Waals surface area contributed by atoms with Crippen molar-refractivity contribution >= 4 is 38.9 Å². The minimum Gasteiger partial charge on any atom is -0.310 e. The molecule has 11 rings (SSSR count). The van der Waals surface area contributed by atoms with E-state index in [4.69, 9.17) is 0 Å². The quantitative estimate of drug-likeness (QED) is 0.111. The predicted molar refractivity (Wildman–Crippen MR) is 287 cm³/mol. The molecule has 1 heterocycles. The minimum absolute atomic E-state index is 0.101. The summed E-state index contributed by atoms with van der Waals surface area (Å²) < 4.78 is 2.47. The van der Waals surface area contributed by atoms with E-state index in [0.29, 0.717) is 0 Å². The van der Waals surface area contributed by atoms with Gasteiger partial charge in [0.15, 0.2) is 0 Å². The maximum absolute atomic E-state index is 2.47. The Morgan fingerprint density at radius 1 is 0.418 bits per heavy atom. The summed E-state index contributed by atoms with van der Waals surface area (Å²) in [5.74, 6) is 0. The van der Waals surface area contributed by atoms with Crippen molar-refractivity contribution in [2.24, 2.45) is 0 Å². The summed E-state index contributed by atoms with van der Waals surface area (Å²) >= 11 is 0. The van der Waals surface area contributed by atoms with E-state index in [1.165, 1.54) is 126 Å². The van der Waals surface area contributed by atoms with Gasteiger partial charge in [0.2, 0.25) is 0 Å². The van der Waals surface area contributed by atoms with Gasteiger partial charge in [-0.2, -0.15) is 0 Å². The highest BCUT2D eigenvalue weighted by atomic mass is 15.1. The third-order valence-electron chi connectivity index (χ3n) is 14.3. The molecule has 67 heavy (non-hydrogen) atoms. The Hall–Kier alpha value is -7.42. The Morgan fingerprint density at radius 3 is 1.78 bits per heavy atom. The van der Waals surface area contributed by atoms with Crippen LogP contribution in [0.3, 0.4) is 0 Å². The van der Waals surface area contributed by atoms with Crippen LogP contribution in [-0.4, -0.2) is 4.57 Å². The van der Waals surface area contributed by atoms with Crippen LogP contribution in [0.1, 0.15) is 74.3 Å². The number of fused-ring (bicyclic) bond motifs is 6. The van der Waals surface area contributed by atoms with Gasteiger partial charge < -0.3 is 9.47 Å². The van der Waals surface area contributed by atoms with E-state index in [9.17, 15) is 0 Å². The van der Waals surface area contributed by atoms with Crippen molar-refractivity contribution < 1.29 is 0 Å². The highest BCUT2D eigenvalue weighted by molar-refractivity contribution is 6.10. The molecule has 0 N–H and O–H groups in total. The molecule has 10 aromatic rings. The SMILES string of the molecule is CCCCCCc1cc(C)cc(-c2cc(C)cc(-n3c4ccccc4c4cc(-c5ccc(N(c6ccc(-c7ccccc7)cc6)c6ccc7c(c6)C(C)(C)c6ccccc6-7)cc5)ccc43)c2)c1. The number of aromatic nitrogens is 1. The molecule has 0 saturated carbocycles. The predicted octanol–water partition coefficient (Wildman–Crippen LogP) is 18.3. The molecule has 0 fully saturated rings. The Morgan fingerprint density at radius 2 is 1.01 bits per heavy atom. The van der Waals surface area contributed by atoms with Crippen LogP contribution < -0.4 is 4.90 Å². The van der Waals surface area contributed by atoms with Crippen molar-refractivity contribution in [3.63, 3.8) is 0 Å².